The van der Waals surface area contributed by atoms with Crippen LogP contribution in [0.4, 0.5) is 10.1 Å². The highest BCUT2D eigenvalue weighted by Gasteiger charge is 2.17. The van der Waals surface area contributed by atoms with Crippen LogP contribution in [0.25, 0.3) is 0 Å². The molecule has 0 saturated carbocycles. The van der Waals surface area contributed by atoms with Gasteiger partial charge >= 0.3 is 0 Å². The van der Waals surface area contributed by atoms with Gasteiger partial charge in [-0.05, 0) is 18.2 Å². The summed E-state index contributed by atoms with van der Waals surface area (Å²) in [4.78, 5) is 13.6. The van der Waals surface area contributed by atoms with E-state index in [0.29, 0.717) is 0 Å². The Balaban J connectivity index is 3.19. The number of carbonyl (C=O) groups excluding carboxylic acids is 1. The minimum absolute atomic E-state index is 0.156. The molecule has 20 heavy (non-hydrogen) atoms. The van der Waals surface area contributed by atoms with Crippen LogP contribution in [0.1, 0.15) is 10.4 Å². The average molecular weight is 300 g/mol. The Morgan fingerprint density at radius 2 is 1.85 bits per heavy atom. The maximum absolute atomic E-state index is 13.7. The van der Waals surface area contributed by atoms with Crippen LogP contribution in [-0.2, 0) is 10.0 Å². The maximum atomic E-state index is 13.7. The highest BCUT2D eigenvalue weighted by atomic mass is 32.2. The fourth-order valence-corrected chi connectivity index (χ4v) is 1.90. The lowest BCUT2D eigenvalue weighted by molar-refractivity contribution is 0.104. The molecule has 0 aliphatic heterocycles. The summed E-state index contributed by atoms with van der Waals surface area (Å²) in [6.45, 7) is 0. The molecule has 7 heteroatoms. The van der Waals surface area contributed by atoms with Crippen molar-refractivity contribution in [1.82, 2.24) is 4.90 Å². The number of ketones is 1. The lowest BCUT2D eigenvalue weighted by Crippen LogP contribution is -2.26. The molecule has 0 radical (unpaired) electrons. The summed E-state index contributed by atoms with van der Waals surface area (Å²) in [5.41, 5.74) is 0.0617. The van der Waals surface area contributed by atoms with E-state index in [0.717, 1.165) is 16.6 Å². The minimum atomic E-state index is -3.59. The molecule has 0 aromatic heterocycles. The molecule has 0 aliphatic carbocycles. The maximum Gasteiger partial charge on any atom is 0.232 e. The van der Waals surface area contributed by atoms with Gasteiger partial charge in [0, 0.05) is 39.0 Å². The molecule has 1 aromatic rings. The van der Waals surface area contributed by atoms with Crippen LogP contribution in [0.2, 0.25) is 0 Å². The summed E-state index contributed by atoms with van der Waals surface area (Å²) in [7, 11) is 1.17. The first-order chi connectivity index (χ1) is 9.12. The molecule has 0 bridgehead atoms. The Hall–Kier alpha value is -1.89. The predicted octanol–water partition coefficient (Wildman–Crippen LogP) is 1.48. The quantitative estimate of drug-likeness (QED) is 0.610. The average Bonchev–Trinajstić information content (AvgIpc) is 2.34. The van der Waals surface area contributed by atoms with Gasteiger partial charge < -0.3 is 4.90 Å². The normalized spacial score (nSPS) is 11.7. The summed E-state index contributed by atoms with van der Waals surface area (Å²) >= 11 is 0. The van der Waals surface area contributed by atoms with Crippen LogP contribution in [0.3, 0.4) is 0 Å². The topological polar surface area (TPSA) is 57.7 Å². The Morgan fingerprint density at radius 1 is 1.25 bits per heavy atom. The van der Waals surface area contributed by atoms with E-state index in [1.165, 1.54) is 25.3 Å². The number of allylic oxidation sites excluding steroid dienone is 1. The summed E-state index contributed by atoms with van der Waals surface area (Å²) in [6, 6.07) is 3.61. The van der Waals surface area contributed by atoms with E-state index in [1.54, 1.807) is 25.2 Å². The van der Waals surface area contributed by atoms with Crippen LogP contribution in [0, 0.1) is 5.82 Å². The zero-order chi connectivity index (χ0) is 15.5. The van der Waals surface area contributed by atoms with Crippen molar-refractivity contribution in [3.05, 3.63) is 41.9 Å². The van der Waals surface area contributed by atoms with E-state index in [-0.39, 0.29) is 17.0 Å². The van der Waals surface area contributed by atoms with Crippen molar-refractivity contribution in [2.45, 2.75) is 0 Å². The number of halogens is 1. The highest BCUT2D eigenvalue weighted by Crippen LogP contribution is 2.22. The Labute approximate surface area is 118 Å². The van der Waals surface area contributed by atoms with Crippen molar-refractivity contribution in [2.24, 2.45) is 0 Å². The van der Waals surface area contributed by atoms with Crippen LogP contribution >= 0.6 is 0 Å². The number of nitrogens with zero attached hydrogens (tertiary/aromatic N) is 2. The molecule has 110 valence electrons. The second-order valence-corrected chi connectivity index (χ2v) is 6.55. The largest absolute Gasteiger partial charge is 0.383 e. The van der Waals surface area contributed by atoms with Gasteiger partial charge in [0.05, 0.1) is 11.9 Å². The van der Waals surface area contributed by atoms with Crippen LogP contribution in [0.15, 0.2) is 30.5 Å². The third-order valence-corrected chi connectivity index (χ3v) is 3.78. The Bertz CT molecular complexity index is 639. The summed E-state index contributed by atoms with van der Waals surface area (Å²) in [5, 5.41) is 0. The molecule has 0 fully saturated rings. The van der Waals surface area contributed by atoms with Gasteiger partial charge in [0.1, 0.15) is 5.82 Å². The van der Waals surface area contributed by atoms with Crippen molar-refractivity contribution >= 4 is 21.5 Å². The van der Waals surface area contributed by atoms with Gasteiger partial charge in [-0.3, -0.25) is 9.10 Å². The molecule has 0 saturated heterocycles. The molecule has 0 unspecified atom stereocenters. The van der Waals surface area contributed by atoms with Crippen LogP contribution < -0.4 is 4.31 Å². The lowest BCUT2D eigenvalue weighted by atomic mass is 10.1. The molecule has 1 rings (SSSR count). The molecule has 0 atom stereocenters. The third-order valence-electron chi connectivity index (χ3n) is 2.59. The zero-order valence-corrected chi connectivity index (χ0v) is 12.6. The van der Waals surface area contributed by atoms with Crippen LogP contribution in [0.5, 0.6) is 0 Å². The van der Waals surface area contributed by atoms with Gasteiger partial charge in [-0.15, -0.1) is 0 Å². The van der Waals surface area contributed by atoms with Gasteiger partial charge in [0.15, 0.2) is 5.78 Å². The zero-order valence-electron chi connectivity index (χ0n) is 11.8. The number of anilines is 1. The van der Waals surface area contributed by atoms with E-state index < -0.39 is 15.8 Å². The van der Waals surface area contributed by atoms with E-state index in [1.807, 2.05) is 0 Å². The van der Waals surface area contributed by atoms with E-state index in [4.69, 9.17) is 0 Å². The van der Waals surface area contributed by atoms with Crippen molar-refractivity contribution in [3.63, 3.8) is 0 Å². The molecule has 0 N–H and O–H groups in total. The first kappa shape index (κ1) is 16.2. The van der Waals surface area contributed by atoms with Gasteiger partial charge in [-0.25, -0.2) is 12.8 Å². The van der Waals surface area contributed by atoms with Gasteiger partial charge in [-0.1, -0.05) is 0 Å². The fourth-order valence-electron chi connectivity index (χ4n) is 1.40. The molecule has 1 aromatic carbocycles. The number of benzene rings is 1. The van der Waals surface area contributed by atoms with Crippen molar-refractivity contribution in [1.29, 1.82) is 0 Å². The highest BCUT2D eigenvalue weighted by molar-refractivity contribution is 7.92. The summed E-state index contributed by atoms with van der Waals surface area (Å²) < 4.78 is 37.4. The monoisotopic (exact) mass is 300 g/mol. The van der Waals surface area contributed by atoms with Gasteiger partial charge in [0.25, 0.3) is 0 Å². The summed E-state index contributed by atoms with van der Waals surface area (Å²) in [5.74, 6) is -1.03. The molecular weight excluding hydrogens is 283 g/mol. The van der Waals surface area contributed by atoms with Gasteiger partial charge in [-0.2, -0.15) is 0 Å². The van der Waals surface area contributed by atoms with Crippen LogP contribution in [-0.4, -0.2) is 46.5 Å². The van der Waals surface area contributed by atoms with Gasteiger partial charge in [0.2, 0.25) is 10.0 Å². The number of rotatable bonds is 5. The smallest absolute Gasteiger partial charge is 0.232 e. The van der Waals surface area contributed by atoms with E-state index >= 15 is 0 Å². The predicted molar refractivity (Wildman–Crippen MR) is 76.8 cm³/mol. The second-order valence-electron chi connectivity index (χ2n) is 4.54. The number of carbonyl (C=O) groups is 1. The van der Waals surface area contributed by atoms with Crippen molar-refractivity contribution < 1.29 is 17.6 Å². The number of hydrogen-bond donors (Lipinski definition) is 0. The number of hydrogen-bond acceptors (Lipinski definition) is 4. The molecule has 0 spiro atoms. The van der Waals surface area contributed by atoms with E-state index in [9.17, 15) is 17.6 Å². The second kappa shape index (κ2) is 6.04. The SMILES string of the molecule is CN(C)/C=C/C(=O)c1ccc(F)c(N(C)S(C)(=O)=O)c1. The molecule has 5 nitrogen and oxygen atoms in total. The van der Waals surface area contributed by atoms with E-state index in [2.05, 4.69) is 0 Å². The number of sulfonamides is 1. The molecule has 0 amide bonds. The standard InChI is InChI=1S/C13H17FN2O3S/c1-15(2)8-7-13(17)10-5-6-11(14)12(9-10)16(3)20(4,18)19/h5-9H,1-4H3/b8-7+. The molecule has 0 aliphatic rings. The Kier molecular flexibility index (Phi) is 4.88. The van der Waals surface area contributed by atoms with Crippen molar-refractivity contribution in [3.8, 4) is 0 Å². The first-order valence-corrected chi connectivity index (χ1v) is 7.60. The third kappa shape index (κ3) is 4.06. The fraction of sp³-hybridized carbons (Fsp3) is 0.308. The lowest BCUT2D eigenvalue weighted by Gasteiger charge is -2.17. The van der Waals surface area contributed by atoms with Crippen molar-refractivity contribution in [2.75, 3.05) is 31.7 Å². The summed E-state index contributed by atoms with van der Waals surface area (Å²) in [6.07, 6.45) is 3.86. The Morgan fingerprint density at radius 3 is 2.35 bits per heavy atom. The molecular formula is C13H17FN2O3S. The minimum Gasteiger partial charge on any atom is -0.383 e. The first-order valence-electron chi connectivity index (χ1n) is 5.75. The molecule has 0 heterocycles.